The van der Waals surface area contributed by atoms with Gasteiger partial charge in [-0.05, 0) is 62.7 Å². The summed E-state index contributed by atoms with van der Waals surface area (Å²) in [5.41, 5.74) is 4.77. The molecule has 3 N–H and O–H groups in total. The molecule has 0 fully saturated rings. The zero-order chi connectivity index (χ0) is 29.3. The molecule has 0 saturated carbocycles. The fourth-order valence-electron chi connectivity index (χ4n) is 4.68. The normalized spacial score (nSPS) is 11.2. The van der Waals surface area contributed by atoms with Gasteiger partial charge in [0.25, 0.3) is 5.91 Å². The molecule has 0 spiro atoms. The van der Waals surface area contributed by atoms with E-state index in [2.05, 4.69) is 25.3 Å². The standard InChI is InChI=1S/C29H28F2N8O2/c1-16(2)39-17(3)34-27-22(30)11-20(12-24(27)39)26-23(31)14-33-29(36-26)35-25-10-9-21(13-32-25)38(4)15-18-5-7-19(8-6-18)28(40)37-41/h5-14,16,41H,15H2,1-4H3,(H,37,40)(H,32,33,35,36). The van der Waals surface area contributed by atoms with Crippen LogP contribution in [-0.4, -0.2) is 42.7 Å². The molecule has 0 aliphatic heterocycles. The summed E-state index contributed by atoms with van der Waals surface area (Å²) in [7, 11) is 1.90. The minimum absolute atomic E-state index is 0.0378. The highest BCUT2D eigenvalue weighted by atomic mass is 19.1. The lowest BCUT2D eigenvalue weighted by molar-refractivity contribution is 0.0706. The molecule has 3 heterocycles. The zero-order valence-corrected chi connectivity index (χ0v) is 22.9. The molecule has 210 valence electrons. The number of nitrogens with zero attached hydrogens (tertiary/aromatic N) is 6. The van der Waals surface area contributed by atoms with Crippen LogP contribution in [0, 0.1) is 18.6 Å². The lowest BCUT2D eigenvalue weighted by Crippen LogP contribution is -2.19. The SMILES string of the molecule is Cc1nc2c(F)cc(-c3nc(Nc4ccc(N(C)Cc5ccc(C(=O)NO)cc5)cn4)ncc3F)cc2n1C(C)C. The minimum Gasteiger partial charge on any atom is -0.369 e. The van der Waals surface area contributed by atoms with E-state index in [1.165, 1.54) is 6.07 Å². The molecule has 0 saturated heterocycles. The van der Waals surface area contributed by atoms with Crippen LogP contribution < -0.4 is 15.7 Å². The van der Waals surface area contributed by atoms with E-state index in [-0.39, 0.29) is 28.8 Å². The number of imidazole rings is 1. The van der Waals surface area contributed by atoms with E-state index in [4.69, 9.17) is 5.21 Å². The number of fused-ring (bicyclic) bond motifs is 1. The van der Waals surface area contributed by atoms with Gasteiger partial charge in [0.15, 0.2) is 11.6 Å². The highest BCUT2D eigenvalue weighted by Gasteiger charge is 2.18. The van der Waals surface area contributed by atoms with Crippen LogP contribution in [0.1, 0.15) is 41.6 Å². The van der Waals surface area contributed by atoms with E-state index >= 15 is 0 Å². The summed E-state index contributed by atoms with van der Waals surface area (Å²) in [6, 6.07) is 13.4. The Hall–Kier alpha value is -4.97. The second-order valence-corrected chi connectivity index (χ2v) is 9.86. The summed E-state index contributed by atoms with van der Waals surface area (Å²) < 4.78 is 31.7. The Bertz CT molecular complexity index is 1720. The van der Waals surface area contributed by atoms with Crippen molar-refractivity contribution in [2.24, 2.45) is 0 Å². The molecule has 0 unspecified atom stereocenters. The van der Waals surface area contributed by atoms with Crippen LogP contribution in [0.15, 0.2) is 60.9 Å². The molecular formula is C29H28F2N8O2. The Labute approximate surface area is 234 Å². The molecule has 12 heteroatoms. The van der Waals surface area contributed by atoms with Crippen LogP contribution >= 0.6 is 0 Å². The van der Waals surface area contributed by atoms with E-state index in [9.17, 15) is 13.6 Å². The maximum absolute atomic E-state index is 15.0. The van der Waals surface area contributed by atoms with Gasteiger partial charge in [0.1, 0.15) is 22.9 Å². The number of aryl methyl sites for hydroxylation is 1. The number of anilines is 3. The van der Waals surface area contributed by atoms with E-state index in [1.807, 2.05) is 36.4 Å². The van der Waals surface area contributed by atoms with Gasteiger partial charge in [0.05, 0.1) is 23.6 Å². The lowest BCUT2D eigenvalue weighted by atomic mass is 10.1. The second-order valence-electron chi connectivity index (χ2n) is 9.86. The highest BCUT2D eigenvalue weighted by molar-refractivity contribution is 5.93. The minimum atomic E-state index is -0.684. The average Bonchev–Trinajstić information content (AvgIpc) is 3.31. The van der Waals surface area contributed by atoms with Crippen molar-refractivity contribution < 1.29 is 18.8 Å². The molecule has 0 radical (unpaired) electrons. The number of aromatic nitrogens is 5. The first-order valence-electron chi connectivity index (χ1n) is 12.8. The van der Waals surface area contributed by atoms with Crippen molar-refractivity contribution in [3.63, 3.8) is 0 Å². The molecule has 0 aliphatic carbocycles. The molecule has 5 rings (SSSR count). The molecule has 0 atom stereocenters. The van der Waals surface area contributed by atoms with Crippen molar-refractivity contribution in [3.8, 4) is 11.3 Å². The third-order valence-corrected chi connectivity index (χ3v) is 6.62. The first-order valence-corrected chi connectivity index (χ1v) is 12.8. The van der Waals surface area contributed by atoms with Crippen molar-refractivity contribution in [2.75, 3.05) is 17.3 Å². The summed E-state index contributed by atoms with van der Waals surface area (Å²) in [6.45, 7) is 6.30. The average molecular weight is 559 g/mol. The number of carbonyl (C=O) groups is 1. The summed E-state index contributed by atoms with van der Waals surface area (Å²) in [5, 5.41) is 11.7. The number of pyridine rings is 1. The Balaban J connectivity index is 1.33. The van der Waals surface area contributed by atoms with Crippen LogP contribution in [0.5, 0.6) is 0 Å². The fraction of sp³-hybridized carbons (Fsp3) is 0.207. The molecule has 0 bridgehead atoms. The molecule has 1 amide bonds. The molecular weight excluding hydrogens is 530 g/mol. The summed E-state index contributed by atoms with van der Waals surface area (Å²) in [6.07, 6.45) is 2.70. The van der Waals surface area contributed by atoms with Crippen molar-refractivity contribution in [3.05, 3.63) is 89.5 Å². The predicted octanol–water partition coefficient (Wildman–Crippen LogP) is 5.55. The first kappa shape index (κ1) is 27.6. The van der Waals surface area contributed by atoms with Crippen LogP contribution in [0.4, 0.5) is 26.2 Å². The maximum atomic E-state index is 15.0. The Kier molecular flexibility index (Phi) is 7.58. The van der Waals surface area contributed by atoms with Crippen molar-refractivity contribution >= 4 is 34.4 Å². The fourth-order valence-corrected chi connectivity index (χ4v) is 4.68. The molecule has 5 aromatic rings. The third kappa shape index (κ3) is 5.68. The summed E-state index contributed by atoms with van der Waals surface area (Å²) in [4.78, 5) is 30.6. The second kappa shape index (κ2) is 11.3. The molecule has 2 aromatic carbocycles. The van der Waals surface area contributed by atoms with Gasteiger partial charge >= 0.3 is 0 Å². The van der Waals surface area contributed by atoms with E-state index in [1.54, 1.807) is 55.0 Å². The van der Waals surface area contributed by atoms with Gasteiger partial charge in [0.2, 0.25) is 5.95 Å². The van der Waals surface area contributed by atoms with Gasteiger partial charge in [-0.2, -0.15) is 0 Å². The number of nitrogens with one attached hydrogen (secondary N) is 2. The van der Waals surface area contributed by atoms with E-state index < -0.39 is 17.5 Å². The van der Waals surface area contributed by atoms with Gasteiger partial charge in [-0.15, -0.1) is 0 Å². The Morgan fingerprint density at radius 1 is 1.02 bits per heavy atom. The molecule has 10 nitrogen and oxygen atoms in total. The van der Waals surface area contributed by atoms with Crippen LogP contribution in [-0.2, 0) is 6.54 Å². The molecule has 41 heavy (non-hydrogen) atoms. The van der Waals surface area contributed by atoms with Gasteiger partial charge in [-0.25, -0.2) is 34.2 Å². The quantitative estimate of drug-likeness (QED) is 0.167. The number of hydrogen-bond donors (Lipinski definition) is 3. The summed E-state index contributed by atoms with van der Waals surface area (Å²) >= 11 is 0. The lowest BCUT2D eigenvalue weighted by Gasteiger charge is -2.19. The van der Waals surface area contributed by atoms with Gasteiger partial charge in [0, 0.05) is 30.8 Å². The number of carbonyl (C=O) groups excluding carboxylic acids is 1. The Morgan fingerprint density at radius 2 is 1.78 bits per heavy atom. The maximum Gasteiger partial charge on any atom is 0.274 e. The monoisotopic (exact) mass is 558 g/mol. The van der Waals surface area contributed by atoms with E-state index in [0.717, 1.165) is 17.4 Å². The largest absolute Gasteiger partial charge is 0.369 e. The van der Waals surface area contributed by atoms with Gasteiger partial charge < -0.3 is 14.8 Å². The molecule has 3 aromatic heterocycles. The van der Waals surface area contributed by atoms with Crippen LogP contribution in [0.3, 0.4) is 0 Å². The van der Waals surface area contributed by atoms with Crippen molar-refractivity contribution in [2.45, 2.75) is 33.4 Å². The number of hydrogen-bond acceptors (Lipinski definition) is 8. The van der Waals surface area contributed by atoms with Crippen LogP contribution in [0.25, 0.3) is 22.3 Å². The van der Waals surface area contributed by atoms with Crippen LogP contribution in [0.2, 0.25) is 0 Å². The smallest absolute Gasteiger partial charge is 0.274 e. The van der Waals surface area contributed by atoms with Gasteiger partial charge in [-0.1, -0.05) is 12.1 Å². The van der Waals surface area contributed by atoms with Crippen molar-refractivity contribution in [1.82, 2.24) is 30.0 Å². The van der Waals surface area contributed by atoms with E-state index in [0.29, 0.717) is 29.3 Å². The number of rotatable bonds is 8. The highest BCUT2D eigenvalue weighted by Crippen LogP contribution is 2.30. The topological polar surface area (TPSA) is 121 Å². The predicted molar refractivity (Wildman–Crippen MR) is 151 cm³/mol. The first-order chi connectivity index (χ1) is 19.6. The number of hydroxylamine groups is 1. The molecule has 0 aliphatic rings. The summed E-state index contributed by atoms with van der Waals surface area (Å²) in [5.74, 6) is -0.597. The number of amides is 1. The third-order valence-electron chi connectivity index (χ3n) is 6.62. The number of benzene rings is 2. The van der Waals surface area contributed by atoms with Gasteiger partial charge in [-0.3, -0.25) is 10.0 Å². The number of halogens is 2. The zero-order valence-electron chi connectivity index (χ0n) is 22.9. The van der Waals surface area contributed by atoms with Crippen molar-refractivity contribution in [1.29, 1.82) is 0 Å². The Morgan fingerprint density at radius 3 is 2.44 bits per heavy atom.